The zero-order valence-corrected chi connectivity index (χ0v) is 11.1. The fourth-order valence-corrected chi connectivity index (χ4v) is 2.04. The molecule has 3 rings (SSSR count). The second-order valence-corrected chi connectivity index (χ2v) is 4.68. The van der Waals surface area contributed by atoms with Crippen molar-refractivity contribution in [3.05, 3.63) is 53.2 Å². The maximum atomic E-state index is 6.12. The molecule has 2 aromatic heterocycles. The number of rotatable bonds is 2. The summed E-state index contributed by atoms with van der Waals surface area (Å²) in [6.07, 6.45) is 1.60. The fourth-order valence-electron chi connectivity index (χ4n) is 1.86. The Bertz CT molecular complexity index is 716. The third-order valence-electron chi connectivity index (χ3n) is 2.91. The Morgan fingerprint density at radius 1 is 1.26 bits per heavy atom. The molecule has 0 fully saturated rings. The molecule has 96 valence electrons. The zero-order chi connectivity index (χ0) is 13.4. The molecule has 0 aliphatic carbocycles. The normalized spacial score (nSPS) is 10.8. The number of furan rings is 1. The first-order valence-electron chi connectivity index (χ1n) is 5.81. The molecular weight excluding hydrogens is 262 g/mol. The fraction of sp³-hybridized carbons (Fsp3) is 0.0714. The molecule has 2 N–H and O–H groups in total. The van der Waals surface area contributed by atoms with Gasteiger partial charge in [-0.1, -0.05) is 17.7 Å². The first kappa shape index (κ1) is 11.9. The van der Waals surface area contributed by atoms with Crippen molar-refractivity contribution in [2.24, 2.45) is 0 Å². The van der Waals surface area contributed by atoms with Crippen molar-refractivity contribution >= 4 is 17.4 Å². The van der Waals surface area contributed by atoms with Crippen LogP contribution < -0.4 is 5.73 Å². The van der Waals surface area contributed by atoms with Crippen LogP contribution in [0, 0.1) is 6.92 Å². The van der Waals surface area contributed by atoms with Crippen LogP contribution in [0.2, 0.25) is 5.02 Å². The summed E-state index contributed by atoms with van der Waals surface area (Å²) in [6, 6.07) is 11.1. The van der Waals surface area contributed by atoms with Crippen LogP contribution in [0.4, 0.5) is 5.82 Å². The Morgan fingerprint density at radius 3 is 2.79 bits per heavy atom. The Morgan fingerprint density at radius 2 is 2.11 bits per heavy atom. The van der Waals surface area contributed by atoms with Crippen LogP contribution in [0.5, 0.6) is 0 Å². The lowest BCUT2D eigenvalue weighted by Crippen LogP contribution is -2.01. The van der Waals surface area contributed by atoms with Crippen molar-refractivity contribution in [2.45, 2.75) is 6.92 Å². The molecule has 3 aromatic rings. The van der Waals surface area contributed by atoms with Gasteiger partial charge >= 0.3 is 0 Å². The van der Waals surface area contributed by atoms with Crippen LogP contribution in [-0.2, 0) is 0 Å². The number of aryl methyl sites for hydroxylation is 1. The lowest BCUT2D eigenvalue weighted by Gasteiger charge is -2.05. The van der Waals surface area contributed by atoms with Gasteiger partial charge in [0.25, 0.3) is 0 Å². The summed E-state index contributed by atoms with van der Waals surface area (Å²) >= 11 is 6.12. The highest BCUT2D eigenvalue weighted by Crippen LogP contribution is 2.25. The molecule has 5 heteroatoms. The molecule has 0 aliphatic heterocycles. The maximum Gasteiger partial charge on any atom is 0.154 e. The van der Waals surface area contributed by atoms with Crippen molar-refractivity contribution in [1.29, 1.82) is 0 Å². The smallest absolute Gasteiger partial charge is 0.154 e. The van der Waals surface area contributed by atoms with Gasteiger partial charge in [-0.05, 0) is 36.8 Å². The molecule has 0 radical (unpaired) electrons. The summed E-state index contributed by atoms with van der Waals surface area (Å²) < 4.78 is 6.95. The summed E-state index contributed by atoms with van der Waals surface area (Å²) in [7, 11) is 0. The van der Waals surface area contributed by atoms with Gasteiger partial charge in [0.1, 0.15) is 11.5 Å². The van der Waals surface area contributed by atoms with Gasteiger partial charge in [0, 0.05) is 11.1 Å². The van der Waals surface area contributed by atoms with E-state index >= 15 is 0 Å². The third kappa shape index (κ3) is 2.11. The molecule has 0 aliphatic rings. The topological polar surface area (TPSA) is 57.0 Å². The zero-order valence-electron chi connectivity index (χ0n) is 10.3. The Labute approximate surface area is 115 Å². The van der Waals surface area contributed by atoms with Gasteiger partial charge < -0.3 is 10.2 Å². The second-order valence-electron chi connectivity index (χ2n) is 4.28. The largest absolute Gasteiger partial charge is 0.463 e. The molecule has 0 bridgehead atoms. The van der Waals surface area contributed by atoms with E-state index in [2.05, 4.69) is 5.10 Å². The molecule has 19 heavy (non-hydrogen) atoms. The number of nitrogens with zero attached hydrogens (tertiary/aromatic N) is 2. The van der Waals surface area contributed by atoms with Gasteiger partial charge in [0.15, 0.2) is 5.76 Å². The average Bonchev–Trinajstić information content (AvgIpc) is 3.01. The van der Waals surface area contributed by atoms with Crippen LogP contribution in [0.1, 0.15) is 5.56 Å². The molecule has 0 saturated carbocycles. The number of nitrogen functional groups attached to an aromatic ring is 1. The lowest BCUT2D eigenvalue weighted by molar-refractivity contribution is 0.579. The average molecular weight is 274 g/mol. The van der Waals surface area contributed by atoms with Crippen molar-refractivity contribution in [2.75, 3.05) is 5.73 Å². The Kier molecular flexibility index (Phi) is 2.80. The van der Waals surface area contributed by atoms with Gasteiger partial charge in [0.2, 0.25) is 0 Å². The third-order valence-corrected chi connectivity index (χ3v) is 3.32. The van der Waals surface area contributed by atoms with Crippen LogP contribution in [0.3, 0.4) is 0 Å². The van der Waals surface area contributed by atoms with E-state index in [0.29, 0.717) is 22.3 Å². The van der Waals surface area contributed by atoms with Crippen LogP contribution in [0.15, 0.2) is 47.1 Å². The van der Waals surface area contributed by atoms with E-state index in [-0.39, 0.29) is 0 Å². The SMILES string of the molecule is Cc1ccc(-n2nc(-c3ccco3)cc2N)cc1Cl. The van der Waals surface area contributed by atoms with Crippen LogP contribution >= 0.6 is 11.6 Å². The number of hydrogen-bond acceptors (Lipinski definition) is 3. The van der Waals surface area contributed by atoms with E-state index in [9.17, 15) is 0 Å². The molecule has 0 spiro atoms. The van der Waals surface area contributed by atoms with Crippen LogP contribution in [-0.4, -0.2) is 9.78 Å². The number of benzene rings is 1. The van der Waals surface area contributed by atoms with Crippen molar-refractivity contribution in [3.8, 4) is 17.1 Å². The highest BCUT2D eigenvalue weighted by atomic mass is 35.5. The predicted molar refractivity (Wildman–Crippen MR) is 75.4 cm³/mol. The minimum atomic E-state index is 0.534. The van der Waals surface area contributed by atoms with Crippen LogP contribution in [0.25, 0.3) is 17.1 Å². The number of anilines is 1. The molecule has 2 heterocycles. The van der Waals surface area contributed by atoms with Gasteiger partial charge in [-0.15, -0.1) is 0 Å². The number of aromatic nitrogens is 2. The van der Waals surface area contributed by atoms with Crippen molar-refractivity contribution in [3.63, 3.8) is 0 Å². The van der Waals surface area contributed by atoms with E-state index in [0.717, 1.165) is 11.3 Å². The van der Waals surface area contributed by atoms with E-state index in [1.54, 1.807) is 17.0 Å². The summed E-state index contributed by atoms with van der Waals surface area (Å²) in [5, 5.41) is 5.12. The highest BCUT2D eigenvalue weighted by molar-refractivity contribution is 6.31. The first-order chi connectivity index (χ1) is 9.15. The highest BCUT2D eigenvalue weighted by Gasteiger charge is 2.11. The summed E-state index contributed by atoms with van der Waals surface area (Å²) in [5.74, 6) is 1.22. The van der Waals surface area contributed by atoms with Gasteiger partial charge in [0.05, 0.1) is 12.0 Å². The van der Waals surface area contributed by atoms with Gasteiger partial charge in [-0.2, -0.15) is 5.10 Å². The van der Waals surface area contributed by atoms with Gasteiger partial charge in [-0.25, -0.2) is 4.68 Å². The van der Waals surface area contributed by atoms with E-state index in [1.165, 1.54) is 0 Å². The van der Waals surface area contributed by atoms with E-state index < -0.39 is 0 Å². The minimum absolute atomic E-state index is 0.534. The molecule has 0 unspecified atom stereocenters. The summed E-state index contributed by atoms with van der Waals surface area (Å²) in [4.78, 5) is 0. The van der Waals surface area contributed by atoms with Crippen molar-refractivity contribution in [1.82, 2.24) is 9.78 Å². The monoisotopic (exact) mass is 273 g/mol. The standard InChI is InChI=1S/C14H12ClN3O/c1-9-4-5-10(7-11(9)15)18-14(16)8-12(17-18)13-3-2-6-19-13/h2-8H,16H2,1H3. The molecular formula is C14H12ClN3O. The molecule has 4 nitrogen and oxygen atoms in total. The minimum Gasteiger partial charge on any atom is -0.463 e. The van der Waals surface area contributed by atoms with Crippen molar-refractivity contribution < 1.29 is 4.42 Å². The number of hydrogen-bond donors (Lipinski definition) is 1. The maximum absolute atomic E-state index is 6.12. The van der Waals surface area contributed by atoms with E-state index in [4.69, 9.17) is 21.8 Å². The molecule has 0 atom stereocenters. The second kappa shape index (κ2) is 4.48. The summed E-state index contributed by atoms with van der Waals surface area (Å²) in [5.41, 5.74) is 8.52. The summed E-state index contributed by atoms with van der Waals surface area (Å²) in [6.45, 7) is 1.95. The quantitative estimate of drug-likeness (QED) is 0.775. The first-order valence-corrected chi connectivity index (χ1v) is 6.19. The Hall–Kier alpha value is -2.20. The lowest BCUT2D eigenvalue weighted by atomic mass is 10.2. The Balaban J connectivity index is 2.08. The van der Waals surface area contributed by atoms with E-state index in [1.807, 2.05) is 37.3 Å². The van der Waals surface area contributed by atoms with Gasteiger partial charge in [-0.3, -0.25) is 0 Å². The predicted octanol–water partition coefficient (Wildman–Crippen LogP) is 3.68. The molecule has 1 aromatic carbocycles. The number of halogens is 1. The number of nitrogens with two attached hydrogens (primary N) is 1. The molecule has 0 saturated heterocycles. The molecule has 0 amide bonds.